The van der Waals surface area contributed by atoms with Gasteiger partial charge in [0, 0.05) is 0 Å². The monoisotopic (exact) mass is 226 g/mol. The number of carbonyl (C=O) groups is 1. The number of carbonyl (C=O) groups excluding carboxylic acids is 1. The highest BCUT2D eigenvalue weighted by Gasteiger charge is 2.31. The predicted molar refractivity (Wildman–Crippen MR) is 57.6 cm³/mol. The van der Waals surface area contributed by atoms with E-state index in [9.17, 15) is 14.4 Å². The van der Waals surface area contributed by atoms with Gasteiger partial charge in [-0.25, -0.2) is 0 Å². The van der Waals surface area contributed by atoms with Gasteiger partial charge in [-0.2, -0.15) is 0 Å². The number of rotatable bonds is 5. The van der Waals surface area contributed by atoms with Gasteiger partial charge in [0.05, 0.1) is 24.7 Å². The summed E-state index contributed by atoms with van der Waals surface area (Å²) in [5.74, 6) is -1.25. The second-order valence-electron chi connectivity index (χ2n) is 3.31. The maximum atomic E-state index is 11.4. The van der Waals surface area contributed by atoms with E-state index in [0.717, 1.165) is 0 Å². The molecule has 1 unspecified atom stereocenters. The zero-order valence-electron chi connectivity index (χ0n) is 9.53. The van der Waals surface area contributed by atoms with Gasteiger partial charge in [0.2, 0.25) is 5.43 Å². The highest BCUT2D eigenvalue weighted by molar-refractivity contribution is 5.79. The van der Waals surface area contributed by atoms with Crippen LogP contribution in [0.1, 0.15) is 32.3 Å². The Labute approximate surface area is 92.7 Å². The first-order chi connectivity index (χ1) is 7.54. The molecule has 16 heavy (non-hydrogen) atoms. The topological polar surface area (TPSA) is 69.7 Å². The molecule has 0 radical (unpaired) electrons. The van der Waals surface area contributed by atoms with E-state index in [2.05, 4.69) is 0 Å². The van der Waals surface area contributed by atoms with Crippen LogP contribution in [0.5, 0.6) is 5.75 Å². The quantitative estimate of drug-likeness (QED) is 0.535. The molecule has 0 saturated carbocycles. The van der Waals surface area contributed by atoms with E-state index in [0.29, 0.717) is 0 Å². The Bertz CT molecular complexity index is 453. The van der Waals surface area contributed by atoms with Crippen LogP contribution in [0.3, 0.4) is 0 Å². The van der Waals surface area contributed by atoms with Crippen molar-refractivity contribution in [2.45, 2.75) is 26.7 Å². The molecule has 88 valence electrons. The number of hydrogen-bond acceptors (Lipinski definition) is 5. The van der Waals surface area contributed by atoms with Crippen LogP contribution in [0.15, 0.2) is 9.59 Å². The van der Waals surface area contributed by atoms with E-state index in [4.69, 9.17) is 9.47 Å². The molecule has 5 nitrogen and oxygen atoms in total. The van der Waals surface area contributed by atoms with Gasteiger partial charge in [-0.05, 0) is 20.8 Å². The number of hydrogen-bond donors (Lipinski definition) is 0. The molecule has 0 amide bonds. The highest BCUT2D eigenvalue weighted by Crippen LogP contribution is 2.22. The molecule has 0 aliphatic rings. The third-order valence-corrected chi connectivity index (χ3v) is 2.26. The molecule has 0 aliphatic carbocycles. The molecule has 0 heterocycles. The summed E-state index contributed by atoms with van der Waals surface area (Å²) in [6.45, 7) is 5.43. The van der Waals surface area contributed by atoms with Gasteiger partial charge >= 0.3 is 5.97 Å². The van der Waals surface area contributed by atoms with Crippen LogP contribution < -0.4 is 15.6 Å². The lowest BCUT2D eigenvalue weighted by atomic mass is 9.96. The normalized spacial score (nSPS) is 12.4. The molecule has 0 saturated heterocycles. The largest absolute Gasteiger partial charge is 0.489 e. The second kappa shape index (κ2) is 4.92. The SMILES string of the molecule is CCOC(=O)C(C)c1c(OCC)c(=O)c1=O. The van der Waals surface area contributed by atoms with Crippen molar-refractivity contribution in [1.82, 2.24) is 0 Å². The Kier molecular flexibility index (Phi) is 3.82. The first-order valence-corrected chi connectivity index (χ1v) is 5.17. The molecule has 1 rings (SSSR count). The lowest BCUT2D eigenvalue weighted by Crippen LogP contribution is -2.39. The first kappa shape index (κ1) is 12.4. The van der Waals surface area contributed by atoms with Crippen LogP contribution >= 0.6 is 0 Å². The highest BCUT2D eigenvalue weighted by atomic mass is 16.5. The Balaban J connectivity index is 2.96. The van der Waals surface area contributed by atoms with Crippen molar-refractivity contribution in [3.63, 3.8) is 0 Å². The Morgan fingerprint density at radius 1 is 1.19 bits per heavy atom. The summed E-state index contributed by atoms with van der Waals surface area (Å²) in [6.07, 6.45) is 0. The molecule has 5 heteroatoms. The van der Waals surface area contributed by atoms with Crippen LogP contribution in [-0.4, -0.2) is 19.2 Å². The van der Waals surface area contributed by atoms with E-state index in [1.54, 1.807) is 13.8 Å². The summed E-state index contributed by atoms with van der Waals surface area (Å²) >= 11 is 0. The van der Waals surface area contributed by atoms with E-state index < -0.39 is 22.7 Å². The molecule has 0 spiro atoms. The second-order valence-corrected chi connectivity index (χ2v) is 3.31. The molecule has 1 aromatic carbocycles. The third-order valence-electron chi connectivity index (χ3n) is 2.26. The Morgan fingerprint density at radius 3 is 2.31 bits per heavy atom. The molecule has 0 fully saturated rings. The molecule has 0 aliphatic heterocycles. The molecular formula is C11H14O5. The van der Waals surface area contributed by atoms with Gasteiger partial charge in [-0.3, -0.25) is 14.4 Å². The molecular weight excluding hydrogens is 212 g/mol. The van der Waals surface area contributed by atoms with E-state index in [1.807, 2.05) is 0 Å². The molecule has 0 bridgehead atoms. The molecule has 0 N–H and O–H groups in total. The van der Waals surface area contributed by atoms with Gasteiger partial charge in [-0.1, -0.05) is 0 Å². The van der Waals surface area contributed by atoms with E-state index in [1.165, 1.54) is 6.92 Å². The predicted octanol–water partition coefficient (Wildman–Crippen LogP) is 0.348. The summed E-state index contributed by atoms with van der Waals surface area (Å²) in [4.78, 5) is 33.9. The number of ether oxygens (including phenoxy) is 2. The fraction of sp³-hybridized carbons (Fsp3) is 0.545. The van der Waals surface area contributed by atoms with E-state index >= 15 is 0 Å². The molecule has 0 aromatic heterocycles. The standard InChI is InChI=1S/C11H14O5/c1-4-15-10-7(8(12)9(10)13)6(3)11(14)16-5-2/h6H,4-5H2,1-3H3. The van der Waals surface area contributed by atoms with Crippen LogP contribution in [0.2, 0.25) is 0 Å². The smallest absolute Gasteiger partial charge is 0.313 e. The summed E-state index contributed by atoms with van der Waals surface area (Å²) in [5.41, 5.74) is -1.18. The Hall–Kier alpha value is -1.65. The van der Waals surface area contributed by atoms with Crippen LogP contribution in [0.25, 0.3) is 0 Å². The van der Waals surface area contributed by atoms with Gasteiger partial charge in [0.25, 0.3) is 5.43 Å². The Morgan fingerprint density at radius 2 is 1.81 bits per heavy atom. The molecule has 1 aromatic rings. The zero-order valence-corrected chi connectivity index (χ0v) is 9.53. The van der Waals surface area contributed by atoms with Crippen molar-refractivity contribution in [3.8, 4) is 5.75 Å². The summed E-state index contributed by atoms with van der Waals surface area (Å²) < 4.78 is 9.80. The van der Waals surface area contributed by atoms with Crippen molar-refractivity contribution in [2.24, 2.45) is 0 Å². The minimum Gasteiger partial charge on any atom is -0.489 e. The van der Waals surface area contributed by atoms with Gasteiger partial charge in [0.1, 0.15) is 0 Å². The van der Waals surface area contributed by atoms with Crippen molar-refractivity contribution in [1.29, 1.82) is 0 Å². The van der Waals surface area contributed by atoms with Crippen LogP contribution in [0, 0.1) is 0 Å². The maximum absolute atomic E-state index is 11.4. The fourth-order valence-electron chi connectivity index (χ4n) is 1.45. The van der Waals surface area contributed by atoms with Gasteiger partial charge in [0.15, 0.2) is 5.75 Å². The number of esters is 1. The van der Waals surface area contributed by atoms with Gasteiger partial charge in [-0.15, -0.1) is 0 Å². The summed E-state index contributed by atoms with van der Waals surface area (Å²) in [7, 11) is 0. The third kappa shape index (κ3) is 1.98. The van der Waals surface area contributed by atoms with Crippen molar-refractivity contribution in [2.75, 3.05) is 13.2 Å². The fourth-order valence-corrected chi connectivity index (χ4v) is 1.45. The van der Waals surface area contributed by atoms with Crippen molar-refractivity contribution < 1.29 is 14.3 Å². The average molecular weight is 226 g/mol. The maximum Gasteiger partial charge on any atom is 0.313 e. The minimum absolute atomic E-state index is 0.00746. The van der Waals surface area contributed by atoms with E-state index in [-0.39, 0.29) is 24.5 Å². The van der Waals surface area contributed by atoms with Crippen molar-refractivity contribution in [3.05, 3.63) is 26.0 Å². The summed E-state index contributed by atoms with van der Waals surface area (Å²) in [6, 6.07) is 0. The molecule has 1 atom stereocenters. The van der Waals surface area contributed by atoms with Crippen molar-refractivity contribution >= 4 is 5.97 Å². The van der Waals surface area contributed by atoms with Crippen LogP contribution in [0.4, 0.5) is 0 Å². The lowest BCUT2D eigenvalue weighted by molar-refractivity contribution is -0.144. The zero-order chi connectivity index (χ0) is 12.3. The van der Waals surface area contributed by atoms with Gasteiger partial charge < -0.3 is 9.47 Å². The van der Waals surface area contributed by atoms with Crippen LogP contribution in [-0.2, 0) is 9.53 Å². The summed E-state index contributed by atoms with van der Waals surface area (Å²) in [5, 5.41) is 0. The lowest BCUT2D eigenvalue weighted by Gasteiger charge is -2.15. The average Bonchev–Trinajstić information content (AvgIpc) is 2.28. The minimum atomic E-state index is -0.744. The first-order valence-electron chi connectivity index (χ1n) is 5.17.